The molecule has 2 aromatic rings. The molecule has 1 aliphatic rings. The molecule has 5 heteroatoms. The second-order valence-electron chi connectivity index (χ2n) is 4.87. The number of nitrogens with one attached hydrogen (secondary N) is 1. The van der Waals surface area contributed by atoms with Gasteiger partial charge in [-0.1, -0.05) is 18.2 Å². The van der Waals surface area contributed by atoms with Gasteiger partial charge in [0.25, 0.3) is 5.91 Å². The van der Waals surface area contributed by atoms with Crippen LogP contribution in [0.15, 0.2) is 42.6 Å². The van der Waals surface area contributed by atoms with Crippen LogP contribution in [0.1, 0.15) is 16.1 Å². The van der Waals surface area contributed by atoms with E-state index in [1.807, 2.05) is 43.6 Å². The van der Waals surface area contributed by atoms with Crippen molar-refractivity contribution in [3.63, 3.8) is 0 Å². The molecule has 0 saturated carbocycles. The zero-order valence-electron chi connectivity index (χ0n) is 11.2. The van der Waals surface area contributed by atoms with Gasteiger partial charge in [-0.2, -0.15) is 0 Å². The number of para-hydroxylation sites is 1. The first kappa shape index (κ1) is 12.5. The molecule has 1 N–H and O–H groups in total. The minimum atomic E-state index is -0.169. The van der Waals surface area contributed by atoms with Crippen molar-refractivity contribution in [1.82, 2.24) is 9.47 Å². The molecule has 1 aromatic carbocycles. The molecule has 0 atom stereocenters. The van der Waals surface area contributed by atoms with Crippen molar-refractivity contribution in [1.29, 1.82) is 0 Å². The highest BCUT2D eigenvalue weighted by atomic mass is 16.2. The predicted octanol–water partition coefficient (Wildman–Crippen LogP) is 1.62. The zero-order valence-corrected chi connectivity index (χ0v) is 11.2. The van der Waals surface area contributed by atoms with Gasteiger partial charge in [-0.05, 0) is 23.8 Å². The lowest BCUT2D eigenvalue weighted by atomic mass is 10.1. The molecule has 20 heavy (non-hydrogen) atoms. The van der Waals surface area contributed by atoms with Gasteiger partial charge in [0, 0.05) is 25.5 Å². The summed E-state index contributed by atoms with van der Waals surface area (Å²) >= 11 is 0. The Morgan fingerprint density at radius 2 is 1.95 bits per heavy atom. The van der Waals surface area contributed by atoms with Crippen LogP contribution in [0.2, 0.25) is 0 Å². The van der Waals surface area contributed by atoms with Gasteiger partial charge in [-0.3, -0.25) is 9.59 Å². The molecule has 0 unspecified atom stereocenters. The minimum absolute atomic E-state index is 0.0681. The molecule has 0 aliphatic carbocycles. The van der Waals surface area contributed by atoms with Crippen molar-refractivity contribution in [3.8, 4) is 0 Å². The molecule has 0 fully saturated rings. The van der Waals surface area contributed by atoms with Crippen LogP contribution in [0.25, 0.3) is 0 Å². The summed E-state index contributed by atoms with van der Waals surface area (Å²) in [6, 6.07) is 11.1. The first-order valence-corrected chi connectivity index (χ1v) is 6.43. The summed E-state index contributed by atoms with van der Waals surface area (Å²) in [6.07, 6.45) is 1.82. The quantitative estimate of drug-likeness (QED) is 0.855. The minimum Gasteiger partial charge on any atom is -0.347 e. The number of aryl methyl sites for hydroxylation is 1. The van der Waals surface area contributed by atoms with Crippen molar-refractivity contribution in [3.05, 3.63) is 53.9 Å². The lowest BCUT2D eigenvalue weighted by Crippen LogP contribution is -2.36. The van der Waals surface area contributed by atoms with E-state index in [0.717, 1.165) is 11.3 Å². The van der Waals surface area contributed by atoms with Crippen LogP contribution < -0.4 is 5.32 Å². The fourth-order valence-electron chi connectivity index (χ4n) is 2.39. The Morgan fingerprint density at radius 1 is 1.15 bits per heavy atom. The number of fused-ring (bicyclic) bond motifs is 1. The summed E-state index contributed by atoms with van der Waals surface area (Å²) < 4.78 is 1.76. The molecule has 5 nitrogen and oxygen atoms in total. The Bertz CT molecular complexity index is 675. The molecule has 0 spiro atoms. The lowest BCUT2D eigenvalue weighted by molar-refractivity contribution is -0.116. The van der Waals surface area contributed by atoms with Gasteiger partial charge < -0.3 is 14.8 Å². The van der Waals surface area contributed by atoms with Gasteiger partial charge >= 0.3 is 0 Å². The number of benzene rings is 1. The first-order chi connectivity index (χ1) is 9.65. The van der Waals surface area contributed by atoms with Crippen LogP contribution in [0.3, 0.4) is 0 Å². The van der Waals surface area contributed by atoms with Crippen molar-refractivity contribution >= 4 is 17.5 Å². The second-order valence-corrected chi connectivity index (χ2v) is 4.87. The SMILES string of the molecule is Cn1cccc1C(=O)N1CC(=O)Nc2ccccc2C1. The molecule has 0 saturated heterocycles. The summed E-state index contributed by atoms with van der Waals surface area (Å²) in [4.78, 5) is 26.0. The van der Waals surface area contributed by atoms with E-state index >= 15 is 0 Å². The molecule has 2 amide bonds. The molecule has 1 aromatic heterocycles. The van der Waals surface area contributed by atoms with E-state index in [9.17, 15) is 9.59 Å². The summed E-state index contributed by atoms with van der Waals surface area (Å²) in [5, 5.41) is 2.83. The van der Waals surface area contributed by atoms with Crippen molar-refractivity contribution in [2.45, 2.75) is 6.54 Å². The van der Waals surface area contributed by atoms with Crippen LogP contribution in [0, 0.1) is 0 Å². The molecular formula is C15H15N3O2. The molecule has 2 heterocycles. The highest BCUT2D eigenvalue weighted by Crippen LogP contribution is 2.21. The number of carbonyl (C=O) groups excluding carboxylic acids is 2. The zero-order chi connectivity index (χ0) is 14.1. The van der Waals surface area contributed by atoms with Gasteiger partial charge in [-0.25, -0.2) is 0 Å². The van der Waals surface area contributed by atoms with E-state index in [2.05, 4.69) is 5.32 Å². The second kappa shape index (κ2) is 4.85. The summed E-state index contributed by atoms with van der Waals surface area (Å²) in [5.41, 5.74) is 2.30. The Morgan fingerprint density at radius 3 is 2.70 bits per heavy atom. The molecular weight excluding hydrogens is 254 g/mol. The predicted molar refractivity (Wildman–Crippen MR) is 75.2 cm³/mol. The third-order valence-electron chi connectivity index (χ3n) is 3.44. The Kier molecular flexibility index (Phi) is 3.02. The van der Waals surface area contributed by atoms with E-state index in [4.69, 9.17) is 0 Å². The smallest absolute Gasteiger partial charge is 0.271 e. The third-order valence-corrected chi connectivity index (χ3v) is 3.44. The number of anilines is 1. The van der Waals surface area contributed by atoms with Crippen LogP contribution in [0.5, 0.6) is 0 Å². The maximum Gasteiger partial charge on any atom is 0.271 e. The Labute approximate surface area is 116 Å². The standard InChI is InChI=1S/C15H15N3O2/c1-17-8-4-7-13(17)15(20)18-9-11-5-2-3-6-12(11)16-14(19)10-18/h2-8H,9-10H2,1H3,(H,16,19). The largest absolute Gasteiger partial charge is 0.347 e. The van der Waals surface area contributed by atoms with Crippen molar-refractivity contribution in [2.24, 2.45) is 7.05 Å². The first-order valence-electron chi connectivity index (χ1n) is 6.43. The van der Waals surface area contributed by atoms with Gasteiger partial charge in [0.1, 0.15) is 12.2 Å². The Hall–Kier alpha value is -2.56. The van der Waals surface area contributed by atoms with Crippen LogP contribution in [-0.2, 0) is 18.4 Å². The normalized spacial score (nSPS) is 14.4. The molecule has 3 rings (SSSR count). The number of rotatable bonds is 1. The number of hydrogen-bond acceptors (Lipinski definition) is 2. The number of nitrogens with zero attached hydrogens (tertiary/aromatic N) is 2. The highest BCUT2D eigenvalue weighted by Gasteiger charge is 2.24. The average molecular weight is 269 g/mol. The van der Waals surface area contributed by atoms with E-state index in [1.54, 1.807) is 15.5 Å². The summed E-state index contributed by atoms with van der Waals surface area (Å²) in [7, 11) is 1.82. The van der Waals surface area contributed by atoms with Crippen LogP contribution >= 0.6 is 0 Å². The third kappa shape index (κ3) is 2.18. The van der Waals surface area contributed by atoms with E-state index < -0.39 is 0 Å². The average Bonchev–Trinajstić information content (AvgIpc) is 2.77. The van der Waals surface area contributed by atoms with Crippen LogP contribution in [-0.4, -0.2) is 27.8 Å². The topological polar surface area (TPSA) is 54.3 Å². The molecule has 0 bridgehead atoms. The number of aromatic nitrogens is 1. The number of carbonyl (C=O) groups is 2. The summed E-state index contributed by atoms with van der Waals surface area (Å²) in [6.45, 7) is 0.498. The van der Waals surface area contributed by atoms with Gasteiger partial charge in [0.2, 0.25) is 5.91 Å². The van der Waals surface area contributed by atoms with Gasteiger partial charge in [-0.15, -0.1) is 0 Å². The van der Waals surface area contributed by atoms with Crippen LogP contribution in [0.4, 0.5) is 5.69 Å². The Balaban J connectivity index is 1.93. The monoisotopic (exact) mass is 269 g/mol. The van der Waals surface area contributed by atoms with E-state index in [-0.39, 0.29) is 18.4 Å². The maximum absolute atomic E-state index is 12.5. The maximum atomic E-state index is 12.5. The van der Waals surface area contributed by atoms with E-state index in [0.29, 0.717) is 12.2 Å². The summed E-state index contributed by atoms with van der Waals surface area (Å²) in [5.74, 6) is -0.304. The highest BCUT2D eigenvalue weighted by molar-refractivity contribution is 6.00. The number of hydrogen-bond donors (Lipinski definition) is 1. The van der Waals surface area contributed by atoms with E-state index in [1.165, 1.54) is 0 Å². The van der Waals surface area contributed by atoms with Gasteiger partial charge in [0.15, 0.2) is 0 Å². The molecule has 102 valence electrons. The molecule has 1 aliphatic heterocycles. The van der Waals surface area contributed by atoms with Crippen molar-refractivity contribution < 1.29 is 9.59 Å². The lowest BCUT2D eigenvalue weighted by Gasteiger charge is -2.19. The fourth-order valence-corrected chi connectivity index (χ4v) is 2.39. The molecule has 0 radical (unpaired) electrons. The van der Waals surface area contributed by atoms with Crippen molar-refractivity contribution in [2.75, 3.05) is 11.9 Å². The van der Waals surface area contributed by atoms with Gasteiger partial charge in [0.05, 0.1) is 0 Å². The fraction of sp³-hybridized carbons (Fsp3) is 0.200. The number of amides is 2.